The van der Waals surface area contributed by atoms with Gasteiger partial charge in [0.25, 0.3) is 0 Å². The average molecular weight is 473 g/mol. The minimum absolute atomic E-state index is 0.248. The highest BCUT2D eigenvalue weighted by molar-refractivity contribution is 14.1. The lowest BCUT2D eigenvalue weighted by atomic mass is 10.0. The first-order valence-corrected chi connectivity index (χ1v) is 9.18. The summed E-state index contributed by atoms with van der Waals surface area (Å²) in [6.45, 7) is 0.252. The molecule has 0 heterocycles. The van der Waals surface area contributed by atoms with Crippen molar-refractivity contribution in [2.24, 2.45) is 0 Å². The normalized spacial score (nSPS) is 11.1. The Morgan fingerprint density at radius 3 is 2.56 bits per heavy atom. The van der Waals surface area contributed by atoms with Gasteiger partial charge in [-0.3, -0.25) is 0 Å². The van der Waals surface area contributed by atoms with Crippen LogP contribution in [0.1, 0.15) is 16.7 Å². The second-order valence-electron chi connectivity index (χ2n) is 5.76. The third-order valence-electron chi connectivity index (χ3n) is 3.83. The topological polar surface area (TPSA) is 33.0 Å². The third kappa shape index (κ3) is 4.92. The van der Waals surface area contributed by atoms with E-state index in [1.807, 2.05) is 12.1 Å². The fraction of sp³-hybridized carbons (Fsp3) is 0.0455. The number of ether oxygens (including phenoxy) is 1. The van der Waals surface area contributed by atoms with E-state index in [1.165, 1.54) is 18.2 Å². The van der Waals surface area contributed by atoms with Crippen LogP contribution in [-0.4, -0.2) is 0 Å². The summed E-state index contributed by atoms with van der Waals surface area (Å²) in [5, 5.41) is 9.38. The fourth-order valence-electron chi connectivity index (χ4n) is 2.53. The van der Waals surface area contributed by atoms with Crippen LogP contribution in [0.5, 0.6) is 5.75 Å². The highest BCUT2D eigenvalue weighted by Crippen LogP contribution is 2.26. The second-order valence-corrected chi connectivity index (χ2v) is 6.92. The smallest absolute Gasteiger partial charge is 0.133 e. The average Bonchev–Trinajstić information content (AvgIpc) is 2.66. The van der Waals surface area contributed by atoms with Gasteiger partial charge >= 0.3 is 0 Å². The van der Waals surface area contributed by atoms with Gasteiger partial charge in [0, 0.05) is 5.56 Å². The van der Waals surface area contributed by atoms with Crippen LogP contribution in [0.2, 0.25) is 0 Å². The summed E-state index contributed by atoms with van der Waals surface area (Å²) < 4.78 is 33.7. The molecule has 0 aliphatic rings. The highest BCUT2D eigenvalue weighted by Gasteiger charge is 2.08. The molecule has 5 heteroatoms. The summed E-state index contributed by atoms with van der Waals surface area (Å²) >= 11 is 2.13. The third-order valence-corrected chi connectivity index (χ3v) is 4.68. The zero-order valence-electron chi connectivity index (χ0n) is 14.1. The molecule has 0 aliphatic heterocycles. The standard InChI is InChI=1S/C22H14F2INO/c23-18-5-3-4-16(11-18)14-27-22-9-8-15(12-21(22)25)10-17(13-26)19-6-1-2-7-20(19)24/h1-12H,14H2. The van der Waals surface area contributed by atoms with Crippen LogP contribution in [0, 0.1) is 26.5 Å². The van der Waals surface area contributed by atoms with E-state index < -0.39 is 5.82 Å². The molecule has 2 nitrogen and oxygen atoms in total. The zero-order chi connectivity index (χ0) is 19.2. The predicted octanol–water partition coefficient (Wildman–Crippen LogP) is 6.21. The number of hydrogen-bond acceptors (Lipinski definition) is 2. The Kier molecular flexibility index (Phi) is 6.20. The lowest BCUT2D eigenvalue weighted by molar-refractivity contribution is 0.303. The summed E-state index contributed by atoms with van der Waals surface area (Å²) in [4.78, 5) is 0. The van der Waals surface area contributed by atoms with Gasteiger partial charge < -0.3 is 4.74 Å². The van der Waals surface area contributed by atoms with Gasteiger partial charge in [0.05, 0.1) is 15.2 Å². The molecule has 0 N–H and O–H groups in total. The van der Waals surface area contributed by atoms with Gasteiger partial charge in [0.2, 0.25) is 0 Å². The van der Waals surface area contributed by atoms with Gasteiger partial charge in [0.15, 0.2) is 0 Å². The molecule has 3 rings (SSSR count). The molecular weight excluding hydrogens is 459 g/mol. The van der Waals surface area contributed by atoms with Crippen LogP contribution in [0.25, 0.3) is 11.6 Å². The van der Waals surface area contributed by atoms with Crippen LogP contribution in [-0.2, 0) is 6.61 Å². The molecule has 0 amide bonds. The second kappa shape index (κ2) is 8.78. The van der Waals surface area contributed by atoms with Gasteiger partial charge in [0.1, 0.15) is 24.0 Å². The van der Waals surface area contributed by atoms with Crippen molar-refractivity contribution >= 4 is 34.2 Å². The Balaban J connectivity index is 1.80. The lowest BCUT2D eigenvalue weighted by Gasteiger charge is -2.09. The Bertz CT molecular complexity index is 1040. The summed E-state index contributed by atoms with van der Waals surface area (Å²) in [5.41, 5.74) is 2.01. The van der Waals surface area contributed by atoms with Gasteiger partial charge in [-0.1, -0.05) is 36.4 Å². The monoisotopic (exact) mass is 473 g/mol. The van der Waals surface area contributed by atoms with E-state index >= 15 is 0 Å². The van der Waals surface area contributed by atoms with Crippen molar-refractivity contribution in [1.82, 2.24) is 0 Å². The molecule has 0 aromatic heterocycles. The number of benzene rings is 3. The fourth-order valence-corrected chi connectivity index (χ4v) is 3.22. The molecular formula is C22H14F2INO. The first kappa shape index (κ1) is 19.1. The molecule has 0 atom stereocenters. The number of halogens is 3. The maximum Gasteiger partial charge on any atom is 0.133 e. The van der Waals surface area contributed by atoms with E-state index in [4.69, 9.17) is 4.74 Å². The van der Waals surface area contributed by atoms with Crippen LogP contribution >= 0.6 is 22.6 Å². The van der Waals surface area contributed by atoms with Crippen molar-refractivity contribution in [2.45, 2.75) is 6.61 Å². The Hall–Kier alpha value is -2.72. The molecule has 0 bridgehead atoms. The lowest BCUT2D eigenvalue weighted by Crippen LogP contribution is -1.97. The van der Waals surface area contributed by atoms with Gasteiger partial charge in [-0.15, -0.1) is 0 Å². The number of hydrogen-bond donors (Lipinski definition) is 0. The number of nitriles is 1. The number of rotatable bonds is 5. The molecule has 0 saturated heterocycles. The number of nitrogens with zero attached hydrogens (tertiary/aromatic N) is 1. The molecule has 0 fully saturated rings. The SMILES string of the molecule is N#CC(=Cc1ccc(OCc2cccc(F)c2)c(I)c1)c1ccccc1F. The van der Waals surface area contributed by atoms with E-state index in [2.05, 4.69) is 22.6 Å². The molecule has 0 spiro atoms. The molecule has 3 aromatic carbocycles. The highest BCUT2D eigenvalue weighted by atomic mass is 127. The zero-order valence-corrected chi connectivity index (χ0v) is 16.3. The van der Waals surface area contributed by atoms with E-state index in [9.17, 15) is 14.0 Å². The summed E-state index contributed by atoms with van der Waals surface area (Å²) in [5.74, 6) is -0.0834. The first-order chi connectivity index (χ1) is 13.1. The quantitative estimate of drug-likeness (QED) is 0.251. The van der Waals surface area contributed by atoms with Gasteiger partial charge in [-0.05, 0) is 70.1 Å². The molecule has 0 radical (unpaired) electrons. The Morgan fingerprint density at radius 2 is 1.85 bits per heavy atom. The van der Waals surface area contributed by atoms with E-state index in [-0.39, 0.29) is 23.6 Å². The largest absolute Gasteiger partial charge is 0.488 e. The summed E-state index contributed by atoms with van der Waals surface area (Å²) in [7, 11) is 0. The van der Waals surface area contributed by atoms with Crippen molar-refractivity contribution in [3.05, 3.63) is 98.6 Å². The van der Waals surface area contributed by atoms with E-state index in [0.29, 0.717) is 5.75 Å². The first-order valence-electron chi connectivity index (χ1n) is 8.10. The molecule has 3 aromatic rings. The Morgan fingerprint density at radius 1 is 1.04 bits per heavy atom. The van der Waals surface area contributed by atoms with Crippen molar-refractivity contribution in [2.75, 3.05) is 0 Å². The predicted molar refractivity (Wildman–Crippen MR) is 110 cm³/mol. The summed E-state index contributed by atoms with van der Waals surface area (Å²) in [6.07, 6.45) is 1.64. The molecule has 27 heavy (non-hydrogen) atoms. The van der Waals surface area contributed by atoms with Crippen molar-refractivity contribution < 1.29 is 13.5 Å². The molecule has 0 unspecified atom stereocenters. The van der Waals surface area contributed by atoms with E-state index in [0.717, 1.165) is 14.7 Å². The minimum Gasteiger partial charge on any atom is -0.488 e. The Labute approximate surface area is 169 Å². The van der Waals surface area contributed by atoms with Gasteiger partial charge in [-0.2, -0.15) is 5.26 Å². The number of allylic oxidation sites excluding steroid dienone is 1. The molecule has 0 aliphatic carbocycles. The summed E-state index contributed by atoms with van der Waals surface area (Å²) in [6, 6.07) is 19.9. The van der Waals surface area contributed by atoms with Gasteiger partial charge in [-0.25, -0.2) is 8.78 Å². The van der Waals surface area contributed by atoms with Crippen molar-refractivity contribution in [3.63, 3.8) is 0 Å². The van der Waals surface area contributed by atoms with Crippen molar-refractivity contribution in [3.8, 4) is 11.8 Å². The van der Waals surface area contributed by atoms with Crippen LogP contribution in [0.3, 0.4) is 0 Å². The molecule has 134 valence electrons. The maximum atomic E-state index is 13.9. The molecule has 0 saturated carbocycles. The van der Waals surface area contributed by atoms with Crippen LogP contribution < -0.4 is 4.74 Å². The van der Waals surface area contributed by atoms with Crippen molar-refractivity contribution in [1.29, 1.82) is 5.26 Å². The van der Waals surface area contributed by atoms with E-state index in [1.54, 1.807) is 48.5 Å². The minimum atomic E-state index is -0.435. The van der Waals surface area contributed by atoms with Crippen LogP contribution in [0.4, 0.5) is 8.78 Å². The maximum absolute atomic E-state index is 13.9. The van der Waals surface area contributed by atoms with Crippen LogP contribution in [0.15, 0.2) is 66.7 Å².